The van der Waals surface area contributed by atoms with Crippen LogP contribution in [0.2, 0.25) is 0 Å². The zero-order chi connectivity index (χ0) is 35.2. The molecule has 4 N–H and O–H groups in total. The van der Waals surface area contributed by atoms with E-state index in [0.29, 0.717) is 28.2 Å². The molecule has 46 heavy (non-hydrogen) atoms. The molecular weight excluding hydrogens is 628 g/mol. The second-order valence-electron chi connectivity index (χ2n) is 9.03. The van der Waals surface area contributed by atoms with Gasteiger partial charge in [-0.15, -0.1) is 0 Å². The Labute approximate surface area is 281 Å². The van der Waals surface area contributed by atoms with Crippen molar-refractivity contribution in [1.82, 2.24) is 9.71 Å². The van der Waals surface area contributed by atoms with Crippen molar-refractivity contribution in [3.63, 3.8) is 0 Å². The summed E-state index contributed by atoms with van der Waals surface area (Å²) in [5, 5.41) is 4.76. The molecule has 1 aromatic heterocycles. The number of allylic oxidation sites excluding steroid dienone is 1. The number of carbonyl (C=O) groups excluding carboxylic acids is 1. The predicted molar refractivity (Wildman–Crippen MR) is 194 cm³/mol. The van der Waals surface area contributed by atoms with Gasteiger partial charge in [0, 0.05) is 46.0 Å². The van der Waals surface area contributed by atoms with Crippen LogP contribution in [-0.2, 0) is 11.2 Å². The van der Waals surface area contributed by atoms with Gasteiger partial charge in [0.1, 0.15) is 0 Å². The Balaban J connectivity index is 0.00000147. The topological polar surface area (TPSA) is 100 Å². The second kappa shape index (κ2) is 23.6. The van der Waals surface area contributed by atoms with Crippen LogP contribution in [0.15, 0.2) is 84.5 Å². The summed E-state index contributed by atoms with van der Waals surface area (Å²) in [6.45, 7) is 15.8. The Morgan fingerprint density at radius 2 is 1.57 bits per heavy atom. The molecule has 1 atom stereocenters. The minimum Gasteiger partial charge on any atom is -0.333 e. The molecule has 0 bridgehead atoms. The monoisotopic (exact) mass is 675 g/mol. The van der Waals surface area contributed by atoms with Crippen LogP contribution in [0.3, 0.4) is 0 Å². The molecule has 7 nitrogen and oxygen atoms in total. The number of hydrogen-bond donors (Lipinski definition) is 3. The number of unbranched alkanes of at least 4 members (excludes halogenated alkanes) is 1. The van der Waals surface area contributed by atoms with Crippen LogP contribution in [0.25, 0.3) is 22.0 Å². The summed E-state index contributed by atoms with van der Waals surface area (Å²) in [6.07, 6.45) is 4.17. The average molecular weight is 676 g/mol. The Bertz CT molecular complexity index is 1510. The minimum atomic E-state index is -1.40. The van der Waals surface area contributed by atoms with Crippen LogP contribution < -0.4 is 20.1 Å². The van der Waals surface area contributed by atoms with Gasteiger partial charge >= 0.3 is 0 Å². The number of anilines is 2. The molecule has 0 radical (unpaired) electrons. The molecule has 4 rings (SSSR count). The van der Waals surface area contributed by atoms with E-state index in [2.05, 4.69) is 41.2 Å². The molecule has 3 aromatic carbocycles. The molecule has 0 aliphatic carbocycles. The normalized spacial score (nSPS) is 10.3. The fraction of sp³-hybridized carbons (Fsp3) is 0.314. The van der Waals surface area contributed by atoms with E-state index in [-0.39, 0.29) is 16.9 Å². The number of amides is 1. The molecule has 0 aliphatic rings. The van der Waals surface area contributed by atoms with Crippen molar-refractivity contribution in [2.24, 2.45) is 5.73 Å². The van der Waals surface area contributed by atoms with Crippen molar-refractivity contribution < 1.29 is 17.8 Å². The first-order valence-electron chi connectivity index (χ1n) is 15.1. The van der Waals surface area contributed by atoms with Crippen molar-refractivity contribution in [3.05, 3.63) is 102 Å². The summed E-state index contributed by atoms with van der Waals surface area (Å²) in [5.41, 5.74) is 5.82. The number of fused-ring (bicyclic) bond motifs is 1. The first-order valence-corrected chi connectivity index (χ1v) is 16.6. The van der Waals surface area contributed by atoms with Gasteiger partial charge in [0.05, 0.1) is 11.4 Å². The van der Waals surface area contributed by atoms with E-state index in [1.165, 1.54) is 32.2 Å². The highest BCUT2D eigenvalue weighted by molar-refractivity contribution is 7.84. The van der Waals surface area contributed by atoms with Crippen LogP contribution in [-0.4, -0.2) is 35.7 Å². The lowest BCUT2D eigenvalue weighted by Gasteiger charge is -2.20. The maximum Gasteiger partial charge on any atom is 0.255 e. The number of aromatic nitrogens is 1. The number of nitrogens with zero attached hydrogens (tertiary/aromatic N) is 2. The van der Waals surface area contributed by atoms with Crippen molar-refractivity contribution in [3.8, 4) is 11.3 Å². The molecule has 0 fully saturated rings. The number of benzene rings is 3. The maximum atomic E-state index is 14.7. The first-order chi connectivity index (χ1) is 22.1. The lowest BCUT2D eigenvalue weighted by molar-refractivity contribution is 0.102. The zero-order valence-electron chi connectivity index (χ0n) is 28.1. The fourth-order valence-electron chi connectivity index (χ4n) is 3.66. The van der Waals surface area contributed by atoms with Crippen LogP contribution >= 0.6 is 11.6 Å². The lowest BCUT2D eigenvalue weighted by Crippen LogP contribution is -2.33. The molecule has 1 amide bonds. The predicted octanol–water partition coefficient (Wildman–Crippen LogP) is 9.22. The van der Waals surface area contributed by atoms with Gasteiger partial charge < -0.3 is 11.1 Å². The van der Waals surface area contributed by atoms with Crippen molar-refractivity contribution >= 4 is 50.8 Å². The van der Waals surface area contributed by atoms with Crippen LogP contribution in [0, 0.1) is 11.6 Å². The van der Waals surface area contributed by atoms with Gasteiger partial charge in [-0.2, -0.15) is 0 Å². The highest BCUT2D eigenvalue weighted by Crippen LogP contribution is 2.32. The van der Waals surface area contributed by atoms with Gasteiger partial charge in [0.15, 0.2) is 22.8 Å². The Morgan fingerprint density at radius 1 is 1.00 bits per heavy atom. The Kier molecular flexibility index (Phi) is 21.7. The second-order valence-corrected chi connectivity index (χ2v) is 11.0. The van der Waals surface area contributed by atoms with E-state index >= 15 is 0 Å². The van der Waals surface area contributed by atoms with Gasteiger partial charge in [-0.3, -0.25) is 14.1 Å². The molecule has 0 saturated heterocycles. The number of pyridine rings is 1. The summed E-state index contributed by atoms with van der Waals surface area (Å²) < 4.78 is 45.6. The third kappa shape index (κ3) is 13.3. The van der Waals surface area contributed by atoms with Crippen molar-refractivity contribution in [2.45, 2.75) is 54.4 Å². The van der Waals surface area contributed by atoms with E-state index in [4.69, 9.17) is 11.6 Å². The maximum absolute atomic E-state index is 14.7. The molecular formula is C35H48ClF2N5O2S. The summed E-state index contributed by atoms with van der Waals surface area (Å²) in [4.78, 5) is 17.0. The highest BCUT2D eigenvalue weighted by Gasteiger charge is 2.18. The average Bonchev–Trinajstić information content (AvgIpc) is 3.08. The van der Waals surface area contributed by atoms with Crippen LogP contribution in [0.1, 0.15) is 64.7 Å². The molecule has 4 aromatic rings. The highest BCUT2D eigenvalue weighted by atomic mass is 35.5. The minimum absolute atomic E-state index is 0.0458. The number of hydrogen-bond acceptors (Lipinski definition) is 4. The smallest absolute Gasteiger partial charge is 0.255 e. The summed E-state index contributed by atoms with van der Waals surface area (Å²) in [5.74, 6) is -2.62. The van der Waals surface area contributed by atoms with E-state index in [1.807, 2.05) is 32.9 Å². The van der Waals surface area contributed by atoms with Crippen LogP contribution in [0.5, 0.6) is 0 Å². The first kappa shape index (κ1) is 42.3. The zero-order valence-corrected chi connectivity index (χ0v) is 29.7. The van der Waals surface area contributed by atoms with E-state index in [0.717, 1.165) is 11.5 Å². The number of rotatable bonds is 8. The van der Waals surface area contributed by atoms with Gasteiger partial charge in [-0.1, -0.05) is 83.0 Å². The standard InChI is InChI=1S/C25H22F2N4O2S.C4H10.C3H5Cl.C2H6.CH5N/c1-3-31(34(33)28-2)19-10-8-17(9-11-19)25(32)30-18-14-21(23(27)22(26)15-18)24-20-7-5-4-6-16(20)12-13-29-24;1-3-4-2;1-3(2)4;2*1-2/h4-15,28H,3H2,1-2H3,(H,30,32);3-4H2,1-2H3;1H2,2H3;1-2H3;2H2,1H3. The molecule has 252 valence electrons. The molecule has 0 spiro atoms. The fourth-order valence-corrected chi connectivity index (χ4v) is 4.42. The van der Waals surface area contributed by atoms with Crippen molar-refractivity contribution in [2.75, 3.05) is 30.3 Å². The third-order valence-corrected chi connectivity index (χ3v) is 7.01. The van der Waals surface area contributed by atoms with E-state index < -0.39 is 28.7 Å². The molecule has 1 unspecified atom stereocenters. The van der Waals surface area contributed by atoms with E-state index in [9.17, 15) is 17.8 Å². The summed E-state index contributed by atoms with van der Waals surface area (Å²) >= 11 is 3.68. The number of nitrogens with two attached hydrogens (primary N) is 1. The summed E-state index contributed by atoms with van der Waals surface area (Å²) in [6, 6.07) is 17.9. The van der Waals surface area contributed by atoms with Gasteiger partial charge in [0.2, 0.25) is 0 Å². The lowest BCUT2D eigenvalue weighted by atomic mass is 10.0. The largest absolute Gasteiger partial charge is 0.333 e. The van der Waals surface area contributed by atoms with Crippen molar-refractivity contribution in [1.29, 1.82) is 0 Å². The molecule has 0 saturated carbocycles. The third-order valence-electron chi connectivity index (χ3n) is 5.79. The van der Waals surface area contributed by atoms with Crippen LogP contribution in [0.4, 0.5) is 20.2 Å². The summed E-state index contributed by atoms with van der Waals surface area (Å²) in [7, 11) is 3.09. The molecule has 11 heteroatoms. The quantitative estimate of drug-likeness (QED) is 0.173. The molecule has 1 heterocycles. The van der Waals surface area contributed by atoms with Gasteiger partial charge in [0.25, 0.3) is 5.91 Å². The van der Waals surface area contributed by atoms with Gasteiger partial charge in [-0.25, -0.2) is 17.7 Å². The number of carbonyl (C=O) groups is 1. The number of halogens is 3. The van der Waals surface area contributed by atoms with Gasteiger partial charge in [-0.05, 0) is 69.7 Å². The SMILES string of the molecule is C=C(C)Cl.CC.CCCC.CCN(c1ccc(C(=O)Nc2cc(F)c(F)c(-c3nccc4ccccc34)c2)cc1)S(=O)NC.CN. The number of nitrogens with one attached hydrogen (secondary N) is 2. The Hall–Kier alpha value is -3.70. The molecule has 0 aliphatic heterocycles. The van der Waals surface area contributed by atoms with E-state index in [1.54, 1.807) is 60.7 Å². The Morgan fingerprint density at radius 3 is 2.09 bits per heavy atom.